The van der Waals surface area contributed by atoms with E-state index in [1.807, 2.05) is 20.8 Å². The van der Waals surface area contributed by atoms with Crippen LogP contribution in [0.5, 0.6) is 5.75 Å². The van der Waals surface area contributed by atoms with Crippen molar-refractivity contribution in [3.05, 3.63) is 88.9 Å². The molecule has 2 amide bonds. The second kappa shape index (κ2) is 14.4. The third-order valence-corrected chi connectivity index (χ3v) is 8.74. The number of amides is 2. The maximum atomic E-state index is 14.1. The van der Waals surface area contributed by atoms with Gasteiger partial charge in [0.15, 0.2) is 0 Å². The highest BCUT2D eigenvalue weighted by molar-refractivity contribution is 7.92. The van der Waals surface area contributed by atoms with Crippen LogP contribution in [0.3, 0.4) is 0 Å². The van der Waals surface area contributed by atoms with Gasteiger partial charge in [-0.15, -0.1) is 0 Å². The number of nitrogens with one attached hydrogen (secondary N) is 1. The van der Waals surface area contributed by atoms with Crippen molar-refractivity contribution in [2.75, 3.05) is 17.5 Å². The van der Waals surface area contributed by atoms with Gasteiger partial charge >= 0.3 is 0 Å². The number of carbonyl (C=O) groups is 2. The average molecular weight is 600 g/mol. The fraction of sp³-hybridized carbons (Fsp3) is 0.355. The first-order valence-electron chi connectivity index (χ1n) is 13.6. The Bertz CT molecular complexity index is 1450. The van der Waals surface area contributed by atoms with Gasteiger partial charge in [0.05, 0.1) is 17.2 Å². The van der Waals surface area contributed by atoms with Gasteiger partial charge in [0, 0.05) is 17.6 Å². The summed E-state index contributed by atoms with van der Waals surface area (Å²) in [6.07, 6.45) is 0.720. The molecule has 3 aromatic rings. The van der Waals surface area contributed by atoms with Crippen LogP contribution in [0.2, 0.25) is 5.02 Å². The number of hydrogen-bond donors (Lipinski definition) is 1. The molecule has 0 spiro atoms. The second-order valence-electron chi connectivity index (χ2n) is 9.87. The van der Waals surface area contributed by atoms with Crippen LogP contribution < -0.4 is 14.4 Å². The van der Waals surface area contributed by atoms with Gasteiger partial charge in [-0.05, 0) is 76.1 Å². The molecule has 0 aliphatic heterocycles. The average Bonchev–Trinajstić information content (AvgIpc) is 2.95. The Kier molecular flexibility index (Phi) is 11.2. The Hall–Kier alpha value is -3.56. The number of nitrogens with zero attached hydrogens (tertiary/aromatic N) is 2. The fourth-order valence-corrected chi connectivity index (χ4v) is 5.81. The van der Waals surface area contributed by atoms with Gasteiger partial charge in [-0.25, -0.2) is 8.42 Å². The Morgan fingerprint density at radius 2 is 1.66 bits per heavy atom. The normalized spacial score (nSPS) is 12.7. The van der Waals surface area contributed by atoms with Crippen molar-refractivity contribution >= 4 is 39.1 Å². The molecule has 2 atom stereocenters. The van der Waals surface area contributed by atoms with Gasteiger partial charge in [0.2, 0.25) is 11.8 Å². The molecule has 0 aromatic heterocycles. The van der Waals surface area contributed by atoms with Crippen LogP contribution in [0.4, 0.5) is 5.69 Å². The van der Waals surface area contributed by atoms with E-state index in [0.717, 1.165) is 16.3 Å². The molecule has 0 heterocycles. The molecule has 0 bridgehead atoms. The van der Waals surface area contributed by atoms with Crippen LogP contribution in [-0.2, 0) is 26.2 Å². The first-order valence-corrected chi connectivity index (χ1v) is 15.4. The topological polar surface area (TPSA) is 96.0 Å². The van der Waals surface area contributed by atoms with E-state index in [1.165, 1.54) is 17.0 Å². The van der Waals surface area contributed by atoms with Crippen molar-refractivity contribution in [1.29, 1.82) is 0 Å². The van der Waals surface area contributed by atoms with Crippen LogP contribution in [0.25, 0.3) is 0 Å². The summed E-state index contributed by atoms with van der Waals surface area (Å²) in [5.74, 6) is -0.571. The fourth-order valence-electron chi connectivity index (χ4n) is 4.17. The van der Waals surface area contributed by atoms with E-state index in [4.69, 9.17) is 16.3 Å². The number of hydrogen-bond acceptors (Lipinski definition) is 5. The summed E-state index contributed by atoms with van der Waals surface area (Å²) in [5, 5.41) is 3.41. The summed E-state index contributed by atoms with van der Waals surface area (Å²) in [6, 6.07) is 19.1. The summed E-state index contributed by atoms with van der Waals surface area (Å²) in [6.45, 7) is 8.93. The molecule has 1 N–H and O–H groups in total. The van der Waals surface area contributed by atoms with Gasteiger partial charge in [0.25, 0.3) is 10.0 Å². The molecule has 220 valence electrons. The summed E-state index contributed by atoms with van der Waals surface area (Å²) in [5.41, 5.74) is 1.83. The predicted octanol–water partition coefficient (Wildman–Crippen LogP) is 5.57. The minimum absolute atomic E-state index is 0.0335. The number of anilines is 1. The number of para-hydroxylation sites is 2. The maximum Gasteiger partial charge on any atom is 0.264 e. The molecule has 3 rings (SSSR count). The number of halogens is 1. The number of aryl methyl sites for hydroxylation is 1. The van der Waals surface area contributed by atoms with Crippen LogP contribution in [0.15, 0.2) is 77.7 Å². The largest absolute Gasteiger partial charge is 0.492 e. The van der Waals surface area contributed by atoms with E-state index in [2.05, 4.69) is 5.32 Å². The highest BCUT2D eigenvalue weighted by Crippen LogP contribution is 2.33. The lowest BCUT2D eigenvalue weighted by atomic mass is 10.1. The van der Waals surface area contributed by atoms with E-state index in [-0.39, 0.29) is 29.1 Å². The third-order valence-electron chi connectivity index (χ3n) is 6.73. The Balaban J connectivity index is 2.08. The first kappa shape index (κ1) is 32.0. The van der Waals surface area contributed by atoms with Gasteiger partial charge in [-0.1, -0.05) is 60.5 Å². The monoisotopic (exact) mass is 599 g/mol. The van der Waals surface area contributed by atoms with Gasteiger partial charge in [-0.3, -0.25) is 13.9 Å². The molecule has 3 aromatic carbocycles. The summed E-state index contributed by atoms with van der Waals surface area (Å²) in [4.78, 5) is 28.7. The van der Waals surface area contributed by atoms with Crippen molar-refractivity contribution in [2.24, 2.45) is 0 Å². The summed E-state index contributed by atoms with van der Waals surface area (Å²) in [7, 11) is -4.20. The van der Waals surface area contributed by atoms with E-state index in [1.54, 1.807) is 74.5 Å². The van der Waals surface area contributed by atoms with E-state index >= 15 is 0 Å². The predicted molar refractivity (Wildman–Crippen MR) is 163 cm³/mol. The summed E-state index contributed by atoms with van der Waals surface area (Å²) >= 11 is 6.20. The zero-order valence-electron chi connectivity index (χ0n) is 24.1. The lowest BCUT2D eigenvalue weighted by molar-refractivity contribution is -0.139. The zero-order chi connectivity index (χ0) is 30.2. The number of sulfonamides is 1. The molecule has 0 unspecified atom stereocenters. The molecule has 0 aliphatic carbocycles. The highest BCUT2D eigenvalue weighted by Gasteiger charge is 2.34. The van der Waals surface area contributed by atoms with E-state index < -0.39 is 28.5 Å². The first-order chi connectivity index (χ1) is 19.5. The molecule has 10 heteroatoms. The molecule has 0 saturated carbocycles. The van der Waals surface area contributed by atoms with Crippen molar-refractivity contribution in [3.8, 4) is 5.75 Å². The molecule has 0 fully saturated rings. The molecular weight excluding hydrogens is 562 g/mol. The molecule has 41 heavy (non-hydrogen) atoms. The van der Waals surface area contributed by atoms with Crippen LogP contribution in [0, 0.1) is 6.92 Å². The van der Waals surface area contributed by atoms with Crippen molar-refractivity contribution < 1.29 is 22.7 Å². The lowest BCUT2D eigenvalue weighted by Gasteiger charge is -2.33. The SMILES string of the molecule is CCOc1ccccc1N(CC(=O)N(Cc1cccc(Cl)c1)[C@H](C)C(=O)N[C@@H](C)CC)S(=O)(=O)c1ccc(C)cc1. The van der Waals surface area contributed by atoms with Gasteiger partial charge in [0.1, 0.15) is 18.3 Å². The second-order valence-corrected chi connectivity index (χ2v) is 12.2. The minimum Gasteiger partial charge on any atom is -0.492 e. The maximum absolute atomic E-state index is 14.1. The number of benzene rings is 3. The van der Waals surface area contributed by atoms with E-state index in [0.29, 0.717) is 22.9 Å². The van der Waals surface area contributed by atoms with Crippen LogP contribution in [0.1, 0.15) is 45.2 Å². The van der Waals surface area contributed by atoms with Gasteiger partial charge in [-0.2, -0.15) is 0 Å². The van der Waals surface area contributed by atoms with Crippen molar-refractivity contribution in [1.82, 2.24) is 10.2 Å². The lowest BCUT2D eigenvalue weighted by Crippen LogP contribution is -2.52. The van der Waals surface area contributed by atoms with Gasteiger partial charge < -0.3 is 15.0 Å². The smallest absolute Gasteiger partial charge is 0.264 e. The Labute approximate surface area is 248 Å². The Morgan fingerprint density at radius 1 is 0.976 bits per heavy atom. The number of carbonyl (C=O) groups excluding carboxylic acids is 2. The van der Waals surface area contributed by atoms with Crippen molar-refractivity contribution in [2.45, 2.75) is 64.6 Å². The molecule has 0 aliphatic rings. The van der Waals surface area contributed by atoms with Crippen molar-refractivity contribution in [3.63, 3.8) is 0 Å². The van der Waals surface area contributed by atoms with E-state index in [9.17, 15) is 18.0 Å². The number of ether oxygens (including phenoxy) is 1. The quantitative estimate of drug-likeness (QED) is 0.277. The molecule has 0 saturated heterocycles. The Morgan fingerprint density at radius 3 is 2.29 bits per heavy atom. The molecule has 8 nitrogen and oxygen atoms in total. The minimum atomic E-state index is -4.20. The summed E-state index contributed by atoms with van der Waals surface area (Å²) < 4.78 is 34.9. The molecule has 0 radical (unpaired) electrons. The van der Waals surface area contributed by atoms with Crippen LogP contribution >= 0.6 is 11.6 Å². The standard InChI is InChI=1S/C31H38ClN3O5S/c1-6-23(4)33-31(37)24(5)34(20-25-11-10-12-26(32)19-25)30(36)21-35(28-13-8-9-14-29(28)40-7-2)41(38,39)27-17-15-22(3)16-18-27/h8-19,23-24H,6-7,20-21H2,1-5H3,(H,33,37)/t23-,24+/m0/s1. The highest BCUT2D eigenvalue weighted by atomic mass is 35.5. The van der Waals surface area contributed by atoms with Crippen LogP contribution in [-0.4, -0.2) is 50.4 Å². The third kappa shape index (κ3) is 8.24. The zero-order valence-corrected chi connectivity index (χ0v) is 25.7. The molecular formula is C31H38ClN3O5S. The number of rotatable bonds is 13.